The average Bonchev–Trinajstić information content (AvgIpc) is 2.46. The van der Waals surface area contributed by atoms with Gasteiger partial charge in [0.15, 0.2) is 17.3 Å². The van der Waals surface area contributed by atoms with Crippen molar-refractivity contribution in [2.24, 2.45) is 0 Å². The molecule has 0 aliphatic rings. The summed E-state index contributed by atoms with van der Waals surface area (Å²) in [5.41, 5.74) is 0.963. The minimum Gasteiger partial charge on any atom is -0.508 e. The van der Waals surface area contributed by atoms with Crippen LogP contribution in [0.2, 0.25) is 0 Å². The van der Waals surface area contributed by atoms with Gasteiger partial charge in [0, 0.05) is 18.1 Å². The first-order valence-electron chi connectivity index (χ1n) is 6.42. The first kappa shape index (κ1) is 14.7. The smallest absolute Gasteiger partial charge is 0.163 e. The third-order valence-electron chi connectivity index (χ3n) is 3.19. The van der Waals surface area contributed by atoms with Gasteiger partial charge in [0.2, 0.25) is 0 Å². The minimum atomic E-state index is -0.152. The van der Waals surface area contributed by atoms with Crippen molar-refractivity contribution in [3.63, 3.8) is 0 Å². The second kappa shape index (κ2) is 6.17. The third-order valence-corrected chi connectivity index (χ3v) is 3.19. The molecule has 2 aromatic carbocycles. The molecule has 0 aromatic heterocycles. The number of methoxy groups -OCH3 is 1. The molecule has 0 aliphatic carbocycles. The van der Waals surface area contributed by atoms with Crippen LogP contribution >= 0.6 is 0 Å². The van der Waals surface area contributed by atoms with Gasteiger partial charge < -0.3 is 20.1 Å². The molecule has 0 saturated carbocycles. The first-order chi connectivity index (χ1) is 10.0. The van der Waals surface area contributed by atoms with Crippen molar-refractivity contribution in [1.29, 1.82) is 0 Å². The highest BCUT2D eigenvalue weighted by Crippen LogP contribution is 2.28. The van der Waals surface area contributed by atoms with Crippen LogP contribution in [0.25, 0.3) is 0 Å². The molecule has 0 heterocycles. The van der Waals surface area contributed by atoms with Crippen molar-refractivity contribution < 1.29 is 24.9 Å². The summed E-state index contributed by atoms with van der Waals surface area (Å²) >= 11 is 0. The highest BCUT2D eigenvalue weighted by atomic mass is 16.5. The van der Waals surface area contributed by atoms with E-state index in [0.29, 0.717) is 23.3 Å². The Morgan fingerprint density at radius 1 is 1.05 bits per heavy atom. The number of benzene rings is 2. The van der Waals surface area contributed by atoms with E-state index in [-0.39, 0.29) is 29.5 Å². The maximum absolute atomic E-state index is 12.1. The van der Waals surface area contributed by atoms with Crippen LogP contribution in [0.5, 0.6) is 23.0 Å². The summed E-state index contributed by atoms with van der Waals surface area (Å²) in [5.74, 6) is 0.00187. The second-order valence-electron chi connectivity index (χ2n) is 4.62. The molecule has 0 bridgehead atoms. The Labute approximate surface area is 122 Å². The lowest BCUT2D eigenvalue weighted by molar-refractivity contribution is 0.0982. The standard InChI is InChI=1S/C16H16O5/c1-21-16-7-4-11(8-15(16)20)13(18)6-3-10-2-5-12(17)9-14(10)19/h2,4-5,7-9,17,19-20H,3,6H2,1H3. The van der Waals surface area contributed by atoms with E-state index in [1.807, 2.05) is 0 Å². The molecule has 0 unspecified atom stereocenters. The van der Waals surface area contributed by atoms with Crippen LogP contribution in [-0.2, 0) is 6.42 Å². The van der Waals surface area contributed by atoms with Gasteiger partial charge in [-0.25, -0.2) is 0 Å². The Bertz CT molecular complexity index is 664. The normalized spacial score (nSPS) is 10.3. The number of ketones is 1. The van der Waals surface area contributed by atoms with Gasteiger partial charge in [-0.3, -0.25) is 4.79 Å². The lowest BCUT2D eigenvalue weighted by Gasteiger charge is -2.07. The van der Waals surface area contributed by atoms with Crippen LogP contribution < -0.4 is 4.74 Å². The summed E-state index contributed by atoms with van der Waals surface area (Å²) in [6, 6.07) is 8.73. The molecule has 5 nitrogen and oxygen atoms in total. The van der Waals surface area contributed by atoms with E-state index in [9.17, 15) is 20.1 Å². The number of carbonyl (C=O) groups excluding carboxylic acids is 1. The molecule has 0 atom stereocenters. The summed E-state index contributed by atoms with van der Waals surface area (Å²) < 4.78 is 4.92. The third kappa shape index (κ3) is 3.45. The van der Waals surface area contributed by atoms with E-state index in [2.05, 4.69) is 0 Å². The number of ether oxygens (including phenoxy) is 1. The van der Waals surface area contributed by atoms with Crippen LogP contribution in [-0.4, -0.2) is 28.2 Å². The van der Waals surface area contributed by atoms with Gasteiger partial charge in [-0.2, -0.15) is 0 Å². The molecule has 0 saturated heterocycles. The van der Waals surface area contributed by atoms with Gasteiger partial charge in [0.05, 0.1) is 7.11 Å². The number of phenolic OH excluding ortho intramolecular Hbond substituents is 3. The molecular formula is C16H16O5. The molecular weight excluding hydrogens is 272 g/mol. The molecule has 21 heavy (non-hydrogen) atoms. The lowest BCUT2D eigenvalue weighted by Crippen LogP contribution is -2.01. The number of phenols is 3. The molecule has 0 amide bonds. The molecule has 5 heteroatoms. The van der Waals surface area contributed by atoms with Gasteiger partial charge in [0.25, 0.3) is 0 Å². The van der Waals surface area contributed by atoms with Crippen LogP contribution in [0.4, 0.5) is 0 Å². The maximum atomic E-state index is 12.1. The Balaban J connectivity index is 2.06. The predicted octanol–water partition coefficient (Wildman–Crippen LogP) is 2.63. The fourth-order valence-corrected chi connectivity index (χ4v) is 2.02. The first-order valence-corrected chi connectivity index (χ1v) is 6.42. The highest BCUT2D eigenvalue weighted by Gasteiger charge is 2.11. The largest absolute Gasteiger partial charge is 0.508 e. The van der Waals surface area contributed by atoms with Gasteiger partial charge in [-0.1, -0.05) is 6.07 Å². The SMILES string of the molecule is COc1ccc(C(=O)CCc2ccc(O)cc2O)cc1O. The van der Waals surface area contributed by atoms with Crippen LogP contribution in [0.3, 0.4) is 0 Å². The highest BCUT2D eigenvalue weighted by molar-refractivity contribution is 5.96. The average molecular weight is 288 g/mol. The number of aromatic hydroxyl groups is 3. The van der Waals surface area contributed by atoms with Crippen molar-refractivity contribution in [2.45, 2.75) is 12.8 Å². The van der Waals surface area contributed by atoms with Gasteiger partial charge >= 0.3 is 0 Å². The minimum absolute atomic E-state index is 0.0253. The fourth-order valence-electron chi connectivity index (χ4n) is 2.02. The predicted molar refractivity (Wildman–Crippen MR) is 77.1 cm³/mol. The topological polar surface area (TPSA) is 87.0 Å². The Kier molecular flexibility index (Phi) is 4.33. The molecule has 110 valence electrons. The molecule has 3 N–H and O–H groups in total. The van der Waals surface area contributed by atoms with Crippen LogP contribution in [0.15, 0.2) is 36.4 Å². The molecule has 0 radical (unpaired) electrons. The number of aryl methyl sites for hydroxylation is 1. The van der Waals surface area contributed by atoms with E-state index in [1.165, 1.54) is 31.4 Å². The van der Waals surface area contributed by atoms with E-state index in [4.69, 9.17) is 4.74 Å². The molecule has 2 aromatic rings. The van der Waals surface area contributed by atoms with E-state index >= 15 is 0 Å². The van der Waals surface area contributed by atoms with Crippen molar-refractivity contribution in [3.05, 3.63) is 47.5 Å². The van der Waals surface area contributed by atoms with Gasteiger partial charge in [0.1, 0.15) is 11.5 Å². The zero-order chi connectivity index (χ0) is 15.4. The Morgan fingerprint density at radius 3 is 2.43 bits per heavy atom. The summed E-state index contributed by atoms with van der Waals surface area (Å²) in [4.78, 5) is 12.1. The summed E-state index contributed by atoms with van der Waals surface area (Å²) in [6.07, 6.45) is 0.530. The lowest BCUT2D eigenvalue weighted by atomic mass is 10.0. The summed E-state index contributed by atoms with van der Waals surface area (Å²) in [5, 5.41) is 28.5. The molecule has 0 aliphatic heterocycles. The van der Waals surface area contributed by atoms with Crippen LogP contribution in [0.1, 0.15) is 22.3 Å². The van der Waals surface area contributed by atoms with Gasteiger partial charge in [-0.15, -0.1) is 0 Å². The Hall–Kier alpha value is -2.69. The number of hydrogen-bond acceptors (Lipinski definition) is 5. The summed E-state index contributed by atoms with van der Waals surface area (Å²) in [6.45, 7) is 0. The number of hydrogen-bond donors (Lipinski definition) is 3. The molecule has 0 fully saturated rings. The van der Waals surface area contributed by atoms with Crippen molar-refractivity contribution >= 4 is 5.78 Å². The second-order valence-corrected chi connectivity index (χ2v) is 4.62. The van der Waals surface area contributed by atoms with E-state index < -0.39 is 0 Å². The maximum Gasteiger partial charge on any atom is 0.163 e. The van der Waals surface area contributed by atoms with Gasteiger partial charge in [-0.05, 0) is 36.2 Å². The van der Waals surface area contributed by atoms with Crippen molar-refractivity contribution in [1.82, 2.24) is 0 Å². The number of Topliss-reactive ketones (excluding diaryl/α,β-unsaturated/α-hetero) is 1. The van der Waals surface area contributed by atoms with Crippen LogP contribution in [0, 0.1) is 0 Å². The molecule has 0 spiro atoms. The monoisotopic (exact) mass is 288 g/mol. The van der Waals surface area contributed by atoms with E-state index in [1.54, 1.807) is 12.1 Å². The fraction of sp³-hybridized carbons (Fsp3) is 0.188. The number of rotatable bonds is 5. The Morgan fingerprint density at radius 2 is 1.81 bits per heavy atom. The van der Waals surface area contributed by atoms with E-state index in [0.717, 1.165) is 0 Å². The zero-order valence-corrected chi connectivity index (χ0v) is 11.5. The van der Waals surface area contributed by atoms with Crippen molar-refractivity contribution in [2.75, 3.05) is 7.11 Å². The zero-order valence-electron chi connectivity index (χ0n) is 11.5. The van der Waals surface area contributed by atoms with Crippen molar-refractivity contribution in [3.8, 4) is 23.0 Å². The quantitative estimate of drug-likeness (QED) is 0.736. The molecule has 2 rings (SSSR count). The number of carbonyl (C=O) groups is 1. The summed E-state index contributed by atoms with van der Waals surface area (Å²) in [7, 11) is 1.43.